The Kier molecular flexibility index (Phi) is 4.36. The molecule has 0 aromatic carbocycles. The molecule has 2 rings (SSSR count). The van der Waals surface area contributed by atoms with Gasteiger partial charge in [-0.25, -0.2) is 0 Å². The Balaban J connectivity index is 2.17. The number of rotatable bonds is 5. The number of carbonyl (C=O) groups is 1. The molecular formula is C11H13BrN6O3. The lowest BCUT2D eigenvalue weighted by atomic mass is 10.3. The predicted molar refractivity (Wildman–Crippen MR) is 76.6 cm³/mol. The van der Waals surface area contributed by atoms with Gasteiger partial charge in [-0.15, -0.1) is 0 Å². The summed E-state index contributed by atoms with van der Waals surface area (Å²) in [5.74, 6) is -0.595. The van der Waals surface area contributed by atoms with Gasteiger partial charge in [-0.05, 0) is 22.9 Å². The first kappa shape index (κ1) is 15.2. The van der Waals surface area contributed by atoms with Crippen LogP contribution in [0.15, 0.2) is 16.9 Å². The maximum atomic E-state index is 12.1. The summed E-state index contributed by atoms with van der Waals surface area (Å²) in [6, 6.07) is 0. The maximum Gasteiger partial charge on any atom is 0.320 e. The summed E-state index contributed by atoms with van der Waals surface area (Å²) in [5.41, 5.74) is 0.250. The van der Waals surface area contributed by atoms with Crippen molar-refractivity contribution in [3.8, 4) is 0 Å². The Labute approximate surface area is 128 Å². The molecule has 10 heteroatoms. The summed E-state index contributed by atoms with van der Waals surface area (Å²) in [7, 11) is 1.74. The smallest absolute Gasteiger partial charge is 0.320 e. The molecule has 0 spiro atoms. The lowest BCUT2D eigenvalue weighted by Gasteiger charge is -2.04. The van der Waals surface area contributed by atoms with E-state index in [0.717, 1.165) is 10.2 Å². The lowest BCUT2D eigenvalue weighted by molar-refractivity contribution is -0.385. The molecular weight excluding hydrogens is 344 g/mol. The summed E-state index contributed by atoms with van der Waals surface area (Å²) < 4.78 is 3.70. The Morgan fingerprint density at radius 2 is 2.29 bits per heavy atom. The molecule has 0 radical (unpaired) electrons. The highest BCUT2D eigenvalue weighted by atomic mass is 79.9. The second kappa shape index (κ2) is 6.04. The third kappa shape index (κ3) is 3.10. The van der Waals surface area contributed by atoms with E-state index in [0.29, 0.717) is 6.54 Å². The van der Waals surface area contributed by atoms with Crippen molar-refractivity contribution in [1.29, 1.82) is 0 Å². The molecule has 1 amide bonds. The van der Waals surface area contributed by atoms with E-state index in [9.17, 15) is 14.9 Å². The van der Waals surface area contributed by atoms with E-state index in [1.165, 1.54) is 10.9 Å². The number of halogens is 1. The molecule has 0 aliphatic heterocycles. The Hall–Kier alpha value is -2.23. The standard InChI is InChI=1S/C11H13BrN6O3/c1-3-17-6-9(18(20)21)10(15-17)11(19)13-5-8-7(12)4-14-16(8)2/h4,6H,3,5H2,1-2H3,(H,13,19). The quantitative estimate of drug-likeness (QED) is 0.640. The number of nitro groups is 1. The minimum Gasteiger partial charge on any atom is -0.345 e. The van der Waals surface area contributed by atoms with Crippen molar-refractivity contribution in [2.75, 3.05) is 0 Å². The average Bonchev–Trinajstić information content (AvgIpc) is 3.01. The first-order valence-electron chi connectivity index (χ1n) is 6.10. The first-order valence-corrected chi connectivity index (χ1v) is 6.89. The Bertz CT molecular complexity index is 673. The van der Waals surface area contributed by atoms with Gasteiger partial charge >= 0.3 is 5.69 Å². The highest BCUT2D eigenvalue weighted by molar-refractivity contribution is 9.10. The van der Waals surface area contributed by atoms with Crippen LogP contribution in [0.1, 0.15) is 23.1 Å². The van der Waals surface area contributed by atoms with E-state index in [1.54, 1.807) is 24.9 Å². The third-order valence-corrected chi connectivity index (χ3v) is 3.57. The highest BCUT2D eigenvalue weighted by Gasteiger charge is 2.25. The molecule has 0 saturated carbocycles. The van der Waals surface area contributed by atoms with Gasteiger partial charge in [0.1, 0.15) is 6.20 Å². The Morgan fingerprint density at radius 1 is 1.57 bits per heavy atom. The number of hydrogen-bond donors (Lipinski definition) is 1. The zero-order chi connectivity index (χ0) is 15.6. The van der Waals surface area contributed by atoms with E-state index in [1.807, 2.05) is 0 Å². The summed E-state index contributed by atoms with van der Waals surface area (Å²) in [4.78, 5) is 22.4. The van der Waals surface area contributed by atoms with Crippen molar-refractivity contribution in [2.45, 2.75) is 20.0 Å². The minimum atomic E-state index is -0.617. The SMILES string of the molecule is CCn1cc([N+](=O)[O-])c(C(=O)NCc2c(Br)cnn2C)n1. The monoisotopic (exact) mass is 356 g/mol. The molecule has 21 heavy (non-hydrogen) atoms. The molecule has 2 heterocycles. The zero-order valence-corrected chi connectivity index (χ0v) is 13.0. The van der Waals surface area contributed by atoms with Crippen LogP contribution in [0.3, 0.4) is 0 Å². The van der Waals surface area contributed by atoms with Gasteiger partial charge in [0.05, 0.1) is 27.8 Å². The maximum absolute atomic E-state index is 12.1. The van der Waals surface area contributed by atoms with Crippen molar-refractivity contribution < 1.29 is 9.72 Å². The predicted octanol–water partition coefficient (Wildman–Crippen LogP) is 1.24. The van der Waals surface area contributed by atoms with Gasteiger partial charge in [-0.1, -0.05) is 0 Å². The fraction of sp³-hybridized carbons (Fsp3) is 0.364. The number of amides is 1. The zero-order valence-electron chi connectivity index (χ0n) is 11.4. The van der Waals surface area contributed by atoms with Crippen molar-refractivity contribution >= 4 is 27.5 Å². The molecule has 0 bridgehead atoms. The largest absolute Gasteiger partial charge is 0.345 e. The Morgan fingerprint density at radius 3 is 2.81 bits per heavy atom. The molecule has 0 aliphatic carbocycles. The fourth-order valence-electron chi connectivity index (χ4n) is 1.75. The number of nitrogens with zero attached hydrogens (tertiary/aromatic N) is 5. The lowest BCUT2D eigenvalue weighted by Crippen LogP contribution is -2.25. The topological polar surface area (TPSA) is 108 Å². The number of aryl methyl sites for hydroxylation is 2. The number of nitrogens with one attached hydrogen (secondary N) is 1. The van der Waals surface area contributed by atoms with Crippen LogP contribution in [0.5, 0.6) is 0 Å². The number of aromatic nitrogens is 4. The van der Waals surface area contributed by atoms with E-state index in [2.05, 4.69) is 31.4 Å². The van der Waals surface area contributed by atoms with Crippen LogP contribution in [-0.4, -0.2) is 30.4 Å². The van der Waals surface area contributed by atoms with Gasteiger partial charge in [0.2, 0.25) is 5.69 Å². The average molecular weight is 357 g/mol. The first-order chi connectivity index (χ1) is 9.93. The number of hydrogen-bond acceptors (Lipinski definition) is 5. The molecule has 2 aromatic heterocycles. The van der Waals surface area contributed by atoms with Crippen molar-refractivity contribution in [1.82, 2.24) is 24.9 Å². The number of carbonyl (C=O) groups excluding carboxylic acids is 1. The van der Waals surface area contributed by atoms with Gasteiger partial charge < -0.3 is 5.32 Å². The second-order valence-corrected chi connectivity index (χ2v) is 5.08. The van der Waals surface area contributed by atoms with Crippen LogP contribution in [-0.2, 0) is 20.1 Å². The summed E-state index contributed by atoms with van der Waals surface area (Å²) in [5, 5.41) is 21.5. The van der Waals surface area contributed by atoms with E-state index in [-0.39, 0.29) is 17.9 Å². The van der Waals surface area contributed by atoms with Crippen molar-refractivity contribution in [3.63, 3.8) is 0 Å². The summed E-state index contributed by atoms with van der Waals surface area (Å²) in [6.45, 7) is 2.42. The third-order valence-electron chi connectivity index (χ3n) is 2.91. The molecule has 0 atom stereocenters. The second-order valence-electron chi connectivity index (χ2n) is 4.22. The molecule has 0 unspecified atom stereocenters. The van der Waals surface area contributed by atoms with Gasteiger partial charge in [-0.2, -0.15) is 10.2 Å². The van der Waals surface area contributed by atoms with Crippen molar-refractivity contribution in [3.05, 3.63) is 38.4 Å². The van der Waals surface area contributed by atoms with Gasteiger partial charge in [-0.3, -0.25) is 24.3 Å². The summed E-state index contributed by atoms with van der Waals surface area (Å²) >= 11 is 3.31. The van der Waals surface area contributed by atoms with Gasteiger partial charge in [0, 0.05) is 13.6 Å². The van der Waals surface area contributed by atoms with Crippen molar-refractivity contribution in [2.24, 2.45) is 7.05 Å². The van der Waals surface area contributed by atoms with Crippen LogP contribution < -0.4 is 5.32 Å². The van der Waals surface area contributed by atoms with E-state index >= 15 is 0 Å². The molecule has 112 valence electrons. The fourth-order valence-corrected chi connectivity index (χ4v) is 2.24. The van der Waals surface area contributed by atoms with E-state index in [4.69, 9.17) is 0 Å². The molecule has 1 N–H and O–H groups in total. The normalized spacial score (nSPS) is 10.6. The highest BCUT2D eigenvalue weighted by Crippen LogP contribution is 2.18. The molecule has 0 aliphatic rings. The molecule has 2 aromatic rings. The van der Waals surface area contributed by atoms with E-state index < -0.39 is 10.8 Å². The molecule has 0 saturated heterocycles. The van der Waals surface area contributed by atoms with Crippen LogP contribution in [0.4, 0.5) is 5.69 Å². The van der Waals surface area contributed by atoms with Crippen LogP contribution >= 0.6 is 15.9 Å². The minimum absolute atomic E-state index is 0.187. The van der Waals surface area contributed by atoms with Crippen LogP contribution in [0.25, 0.3) is 0 Å². The van der Waals surface area contributed by atoms with Crippen LogP contribution in [0.2, 0.25) is 0 Å². The molecule has 9 nitrogen and oxygen atoms in total. The van der Waals surface area contributed by atoms with Crippen LogP contribution in [0, 0.1) is 10.1 Å². The van der Waals surface area contributed by atoms with Gasteiger partial charge in [0.25, 0.3) is 5.91 Å². The molecule has 0 fully saturated rings. The summed E-state index contributed by atoms with van der Waals surface area (Å²) in [6.07, 6.45) is 2.85. The van der Waals surface area contributed by atoms with Gasteiger partial charge in [0.15, 0.2) is 0 Å².